The Morgan fingerprint density at radius 3 is 2.74 bits per heavy atom. The first-order chi connectivity index (χ1) is 9.29. The van der Waals surface area contributed by atoms with E-state index >= 15 is 0 Å². The van der Waals surface area contributed by atoms with Gasteiger partial charge in [-0.05, 0) is 44.5 Å². The van der Waals surface area contributed by atoms with Gasteiger partial charge in [-0.1, -0.05) is 17.7 Å². The zero-order valence-corrected chi connectivity index (χ0v) is 11.9. The van der Waals surface area contributed by atoms with E-state index < -0.39 is 0 Å². The normalized spacial score (nSPS) is 24.3. The fourth-order valence-corrected chi connectivity index (χ4v) is 3.59. The van der Waals surface area contributed by atoms with E-state index in [1.54, 1.807) is 0 Å². The summed E-state index contributed by atoms with van der Waals surface area (Å²) < 4.78 is 0. The molecule has 2 heterocycles. The van der Waals surface area contributed by atoms with Crippen LogP contribution in [-0.2, 0) is 6.61 Å². The number of rotatable bonds is 3. The van der Waals surface area contributed by atoms with Crippen molar-refractivity contribution in [1.82, 2.24) is 4.90 Å². The summed E-state index contributed by atoms with van der Waals surface area (Å²) in [4.78, 5) is 4.99. The molecule has 0 amide bonds. The summed E-state index contributed by atoms with van der Waals surface area (Å²) in [5, 5.41) is 10.2. The van der Waals surface area contributed by atoms with Crippen molar-refractivity contribution < 1.29 is 5.11 Å². The lowest BCUT2D eigenvalue weighted by Gasteiger charge is -2.25. The van der Waals surface area contributed by atoms with Gasteiger partial charge in [-0.15, -0.1) is 0 Å². The first-order valence-corrected chi connectivity index (χ1v) is 7.54. The number of anilines is 1. The van der Waals surface area contributed by atoms with Crippen LogP contribution in [0.2, 0.25) is 5.02 Å². The van der Waals surface area contributed by atoms with Crippen LogP contribution in [0.1, 0.15) is 24.8 Å². The highest BCUT2D eigenvalue weighted by atomic mass is 35.5. The summed E-state index contributed by atoms with van der Waals surface area (Å²) in [6.45, 7) is 4.64. The van der Waals surface area contributed by atoms with Gasteiger partial charge in [0.1, 0.15) is 0 Å². The predicted molar refractivity (Wildman–Crippen MR) is 78.8 cm³/mol. The second-order valence-corrected chi connectivity index (χ2v) is 5.93. The van der Waals surface area contributed by atoms with Crippen LogP contribution in [0.15, 0.2) is 18.2 Å². The molecule has 3 nitrogen and oxygen atoms in total. The second kappa shape index (κ2) is 5.70. The van der Waals surface area contributed by atoms with Gasteiger partial charge in [-0.2, -0.15) is 0 Å². The highest BCUT2D eigenvalue weighted by molar-refractivity contribution is 6.31. The van der Waals surface area contributed by atoms with E-state index in [2.05, 4.69) is 15.9 Å². The van der Waals surface area contributed by atoms with E-state index in [0.717, 1.165) is 24.3 Å². The van der Waals surface area contributed by atoms with E-state index in [9.17, 15) is 5.11 Å². The standard InChI is InChI=1S/C15H21ClN2O/c16-14-4-3-5-15(13(14)11-19)18-9-6-12(10-18)17-7-1-2-8-17/h3-5,12,19H,1-2,6-11H2. The van der Waals surface area contributed by atoms with Crippen molar-refractivity contribution in [2.75, 3.05) is 31.1 Å². The summed E-state index contributed by atoms with van der Waals surface area (Å²) in [6, 6.07) is 6.57. The zero-order chi connectivity index (χ0) is 13.2. The zero-order valence-electron chi connectivity index (χ0n) is 11.2. The average Bonchev–Trinajstić information content (AvgIpc) is 3.09. The van der Waals surface area contributed by atoms with Crippen LogP contribution in [0.25, 0.3) is 0 Å². The Morgan fingerprint density at radius 2 is 2.00 bits per heavy atom. The number of likely N-dealkylation sites (tertiary alicyclic amines) is 1. The van der Waals surface area contributed by atoms with Crippen LogP contribution < -0.4 is 4.90 Å². The summed E-state index contributed by atoms with van der Waals surface area (Å²) >= 11 is 6.17. The Morgan fingerprint density at radius 1 is 1.21 bits per heavy atom. The number of aliphatic hydroxyl groups is 1. The summed E-state index contributed by atoms with van der Waals surface area (Å²) in [5.74, 6) is 0. The van der Waals surface area contributed by atoms with Crippen LogP contribution in [0, 0.1) is 0 Å². The monoisotopic (exact) mass is 280 g/mol. The Bertz CT molecular complexity index is 446. The van der Waals surface area contributed by atoms with Crippen molar-refractivity contribution in [3.05, 3.63) is 28.8 Å². The van der Waals surface area contributed by atoms with Gasteiger partial charge in [-0.25, -0.2) is 0 Å². The number of aliphatic hydroxyl groups excluding tert-OH is 1. The molecule has 0 saturated carbocycles. The summed E-state index contributed by atoms with van der Waals surface area (Å²) in [7, 11) is 0. The summed E-state index contributed by atoms with van der Waals surface area (Å²) in [5.41, 5.74) is 1.97. The Kier molecular flexibility index (Phi) is 3.96. The van der Waals surface area contributed by atoms with Crippen LogP contribution >= 0.6 is 11.6 Å². The van der Waals surface area contributed by atoms with E-state index in [0.29, 0.717) is 11.1 Å². The fraction of sp³-hybridized carbons (Fsp3) is 0.600. The Balaban J connectivity index is 1.75. The van der Waals surface area contributed by atoms with Gasteiger partial charge in [0.25, 0.3) is 0 Å². The van der Waals surface area contributed by atoms with E-state index in [4.69, 9.17) is 11.6 Å². The molecule has 0 bridgehead atoms. The van der Waals surface area contributed by atoms with E-state index in [1.807, 2.05) is 12.1 Å². The van der Waals surface area contributed by atoms with Crippen molar-refractivity contribution in [3.8, 4) is 0 Å². The number of halogens is 1. The minimum absolute atomic E-state index is 0.0138. The third kappa shape index (κ3) is 2.60. The maximum atomic E-state index is 9.52. The quantitative estimate of drug-likeness (QED) is 0.922. The molecule has 104 valence electrons. The molecule has 2 fully saturated rings. The fourth-order valence-electron chi connectivity index (χ4n) is 3.37. The highest BCUT2D eigenvalue weighted by Crippen LogP contribution is 2.31. The van der Waals surface area contributed by atoms with Gasteiger partial charge in [0, 0.05) is 35.4 Å². The molecule has 0 aromatic heterocycles. The van der Waals surface area contributed by atoms with Gasteiger partial charge >= 0.3 is 0 Å². The average molecular weight is 281 g/mol. The molecule has 2 aliphatic rings. The molecule has 1 aromatic rings. The van der Waals surface area contributed by atoms with Gasteiger partial charge in [0.2, 0.25) is 0 Å². The lowest BCUT2D eigenvalue weighted by atomic mass is 10.1. The maximum absolute atomic E-state index is 9.52. The first kappa shape index (κ1) is 13.2. The summed E-state index contributed by atoms with van der Waals surface area (Å²) in [6.07, 6.45) is 3.91. The van der Waals surface area contributed by atoms with Crippen molar-refractivity contribution in [2.45, 2.75) is 31.9 Å². The van der Waals surface area contributed by atoms with Gasteiger partial charge in [0.15, 0.2) is 0 Å². The number of hydrogen-bond donors (Lipinski definition) is 1. The van der Waals surface area contributed by atoms with E-state index in [-0.39, 0.29) is 6.61 Å². The van der Waals surface area contributed by atoms with Gasteiger partial charge < -0.3 is 10.0 Å². The largest absolute Gasteiger partial charge is 0.392 e. The third-order valence-corrected chi connectivity index (χ3v) is 4.77. The first-order valence-electron chi connectivity index (χ1n) is 7.17. The van der Waals surface area contributed by atoms with Crippen molar-refractivity contribution in [1.29, 1.82) is 0 Å². The molecule has 4 heteroatoms. The smallest absolute Gasteiger partial charge is 0.0716 e. The van der Waals surface area contributed by atoms with Crippen LogP contribution in [0.5, 0.6) is 0 Å². The molecule has 1 unspecified atom stereocenters. The van der Waals surface area contributed by atoms with Crippen LogP contribution in [0.4, 0.5) is 5.69 Å². The number of benzene rings is 1. The minimum atomic E-state index is 0.0138. The topological polar surface area (TPSA) is 26.7 Å². The highest BCUT2D eigenvalue weighted by Gasteiger charge is 2.30. The molecule has 0 spiro atoms. The van der Waals surface area contributed by atoms with Crippen molar-refractivity contribution in [2.24, 2.45) is 0 Å². The van der Waals surface area contributed by atoms with Crippen LogP contribution in [0.3, 0.4) is 0 Å². The molecule has 3 rings (SSSR count). The maximum Gasteiger partial charge on any atom is 0.0716 e. The molecule has 2 aliphatic heterocycles. The Labute approximate surface area is 119 Å². The third-order valence-electron chi connectivity index (χ3n) is 4.41. The SMILES string of the molecule is OCc1c(Cl)cccc1N1CCC(N2CCCC2)C1. The lowest BCUT2D eigenvalue weighted by molar-refractivity contribution is 0.260. The molecule has 1 aromatic carbocycles. The molecule has 1 N–H and O–H groups in total. The molecule has 19 heavy (non-hydrogen) atoms. The second-order valence-electron chi connectivity index (χ2n) is 5.53. The number of nitrogens with zero attached hydrogens (tertiary/aromatic N) is 2. The lowest BCUT2D eigenvalue weighted by Crippen LogP contribution is -2.35. The molecular weight excluding hydrogens is 260 g/mol. The molecule has 1 atom stereocenters. The minimum Gasteiger partial charge on any atom is -0.392 e. The van der Waals surface area contributed by atoms with Crippen LogP contribution in [-0.4, -0.2) is 42.2 Å². The predicted octanol–water partition coefficient (Wildman–Crippen LogP) is 2.51. The molecule has 0 aliphatic carbocycles. The van der Waals surface area contributed by atoms with Gasteiger partial charge in [0.05, 0.1) is 6.61 Å². The Hall–Kier alpha value is -0.770. The van der Waals surface area contributed by atoms with Gasteiger partial charge in [-0.3, -0.25) is 4.90 Å². The molecular formula is C15H21ClN2O. The van der Waals surface area contributed by atoms with E-state index in [1.165, 1.54) is 32.4 Å². The number of hydrogen-bond acceptors (Lipinski definition) is 3. The molecule has 2 saturated heterocycles. The van der Waals surface area contributed by atoms with Crippen molar-refractivity contribution >= 4 is 17.3 Å². The van der Waals surface area contributed by atoms with Crippen molar-refractivity contribution in [3.63, 3.8) is 0 Å². The molecule has 0 radical (unpaired) electrons.